The Labute approximate surface area is 164 Å². The van der Waals surface area contributed by atoms with Gasteiger partial charge in [-0.1, -0.05) is 24.3 Å². The number of hydrogen-bond donors (Lipinski definition) is 2. The lowest BCUT2D eigenvalue weighted by Gasteiger charge is -2.26. The van der Waals surface area contributed by atoms with Crippen molar-refractivity contribution in [2.45, 2.75) is 25.4 Å². The molecule has 1 saturated heterocycles. The molecule has 1 aromatic carbocycles. The first-order valence-corrected chi connectivity index (χ1v) is 9.59. The minimum Gasteiger partial charge on any atom is -0.359 e. The van der Waals surface area contributed by atoms with Crippen LogP contribution in [0.4, 0.5) is 11.5 Å². The fraction of sp³-hybridized carbons (Fsp3) is 0.381. The van der Waals surface area contributed by atoms with Gasteiger partial charge in [0.15, 0.2) is 0 Å². The molecule has 1 unspecified atom stereocenters. The van der Waals surface area contributed by atoms with Crippen LogP contribution in [0.15, 0.2) is 36.5 Å². The lowest BCUT2D eigenvalue weighted by atomic mass is 10.0. The minimum absolute atomic E-state index is 0.0463. The van der Waals surface area contributed by atoms with Crippen LogP contribution in [0.1, 0.15) is 40.4 Å². The standard InChI is InChI=1S/C21H25N5O2/c1-25(2)13-14-5-7-15(8-6-14)18-4-3-9-26(18)21(28)16-10-17-20(22-11-16)23-12-19(27)24-17/h5-8,10-11,18H,3-4,9,12-13H2,1-2H3,(H,22,23)(H,24,27). The van der Waals surface area contributed by atoms with Gasteiger partial charge in [-0.3, -0.25) is 9.59 Å². The van der Waals surface area contributed by atoms with Crippen molar-refractivity contribution in [1.29, 1.82) is 0 Å². The van der Waals surface area contributed by atoms with E-state index in [1.165, 1.54) is 5.56 Å². The number of pyridine rings is 1. The number of nitrogens with one attached hydrogen (secondary N) is 2. The van der Waals surface area contributed by atoms with Gasteiger partial charge in [-0.25, -0.2) is 4.98 Å². The maximum Gasteiger partial charge on any atom is 0.256 e. The third kappa shape index (κ3) is 3.71. The first-order chi connectivity index (χ1) is 13.5. The van der Waals surface area contributed by atoms with Crippen LogP contribution in [0.2, 0.25) is 0 Å². The number of benzene rings is 1. The van der Waals surface area contributed by atoms with Gasteiger partial charge in [0.2, 0.25) is 5.91 Å². The van der Waals surface area contributed by atoms with Crippen molar-refractivity contribution in [1.82, 2.24) is 14.8 Å². The van der Waals surface area contributed by atoms with Crippen LogP contribution in [-0.2, 0) is 11.3 Å². The van der Waals surface area contributed by atoms with Gasteiger partial charge in [0.25, 0.3) is 5.91 Å². The number of aromatic nitrogens is 1. The molecule has 2 amide bonds. The van der Waals surface area contributed by atoms with Gasteiger partial charge >= 0.3 is 0 Å². The lowest BCUT2D eigenvalue weighted by molar-refractivity contribution is -0.114. The number of amides is 2. The molecule has 1 fully saturated rings. The highest BCUT2D eigenvalue weighted by atomic mass is 16.2. The largest absolute Gasteiger partial charge is 0.359 e. The Bertz CT molecular complexity index is 894. The van der Waals surface area contributed by atoms with Gasteiger partial charge in [0.1, 0.15) is 5.82 Å². The van der Waals surface area contributed by atoms with Gasteiger partial charge in [-0.05, 0) is 44.1 Å². The molecule has 2 N–H and O–H groups in total. The van der Waals surface area contributed by atoms with Crippen molar-refractivity contribution in [3.05, 3.63) is 53.2 Å². The van der Waals surface area contributed by atoms with E-state index in [0.717, 1.165) is 31.5 Å². The summed E-state index contributed by atoms with van der Waals surface area (Å²) in [6, 6.07) is 10.3. The molecule has 2 aliphatic rings. The Morgan fingerprint density at radius 1 is 1.29 bits per heavy atom. The van der Waals surface area contributed by atoms with Gasteiger partial charge in [0, 0.05) is 19.3 Å². The van der Waals surface area contributed by atoms with Crippen LogP contribution >= 0.6 is 0 Å². The molecule has 3 heterocycles. The predicted octanol–water partition coefficient (Wildman–Crippen LogP) is 2.48. The van der Waals surface area contributed by atoms with Crippen molar-refractivity contribution in [3.8, 4) is 0 Å². The Kier molecular flexibility index (Phi) is 5.00. The molecule has 0 aliphatic carbocycles. The number of hydrogen-bond acceptors (Lipinski definition) is 5. The molecular formula is C21H25N5O2. The number of anilines is 2. The quantitative estimate of drug-likeness (QED) is 0.853. The number of nitrogens with zero attached hydrogens (tertiary/aromatic N) is 3. The summed E-state index contributed by atoms with van der Waals surface area (Å²) in [6.45, 7) is 1.82. The summed E-state index contributed by atoms with van der Waals surface area (Å²) in [5.74, 6) is 0.427. The maximum atomic E-state index is 13.2. The van der Waals surface area contributed by atoms with Crippen LogP contribution in [0.5, 0.6) is 0 Å². The summed E-state index contributed by atoms with van der Waals surface area (Å²) in [6.07, 6.45) is 3.52. The third-order valence-electron chi connectivity index (χ3n) is 5.20. The van der Waals surface area contributed by atoms with Crippen LogP contribution in [0, 0.1) is 0 Å². The molecular weight excluding hydrogens is 354 g/mol. The summed E-state index contributed by atoms with van der Waals surface area (Å²) in [4.78, 5) is 33.1. The first kappa shape index (κ1) is 18.4. The molecule has 0 saturated carbocycles. The topological polar surface area (TPSA) is 77.6 Å². The van der Waals surface area contributed by atoms with Gasteiger partial charge in [-0.2, -0.15) is 0 Å². The Morgan fingerprint density at radius 3 is 2.82 bits per heavy atom. The number of carbonyl (C=O) groups excluding carboxylic acids is 2. The fourth-order valence-corrected chi connectivity index (χ4v) is 3.91. The highest BCUT2D eigenvalue weighted by molar-refractivity contribution is 6.02. The molecule has 0 spiro atoms. The van der Waals surface area contributed by atoms with E-state index < -0.39 is 0 Å². The van der Waals surface area contributed by atoms with Crippen LogP contribution < -0.4 is 10.6 Å². The molecule has 0 bridgehead atoms. The van der Waals surface area contributed by atoms with E-state index in [-0.39, 0.29) is 24.4 Å². The monoisotopic (exact) mass is 379 g/mol. The Morgan fingerprint density at radius 2 is 2.07 bits per heavy atom. The molecule has 2 aliphatic heterocycles. The Hall–Kier alpha value is -2.93. The van der Waals surface area contributed by atoms with Crippen molar-refractivity contribution in [2.75, 3.05) is 37.8 Å². The third-order valence-corrected chi connectivity index (χ3v) is 5.20. The second-order valence-electron chi connectivity index (χ2n) is 7.66. The molecule has 4 rings (SSSR count). The van der Waals surface area contributed by atoms with Crippen molar-refractivity contribution >= 4 is 23.3 Å². The smallest absolute Gasteiger partial charge is 0.256 e. The van der Waals surface area contributed by atoms with E-state index in [2.05, 4.69) is 58.9 Å². The molecule has 146 valence electrons. The van der Waals surface area contributed by atoms with Gasteiger partial charge in [-0.15, -0.1) is 0 Å². The maximum absolute atomic E-state index is 13.2. The highest BCUT2D eigenvalue weighted by Crippen LogP contribution is 2.34. The minimum atomic E-state index is -0.129. The number of rotatable bonds is 4. The number of carbonyl (C=O) groups is 2. The van der Waals surface area contributed by atoms with Crippen molar-refractivity contribution < 1.29 is 9.59 Å². The lowest BCUT2D eigenvalue weighted by Crippen LogP contribution is -2.32. The van der Waals surface area contributed by atoms with E-state index in [0.29, 0.717) is 17.1 Å². The van der Waals surface area contributed by atoms with E-state index in [9.17, 15) is 9.59 Å². The summed E-state index contributed by atoms with van der Waals surface area (Å²) in [5, 5.41) is 5.72. The molecule has 1 aromatic heterocycles. The fourth-order valence-electron chi connectivity index (χ4n) is 3.91. The summed E-state index contributed by atoms with van der Waals surface area (Å²) < 4.78 is 0. The number of likely N-dealkylation sites (tertiary alicyclic amines) is 1. The molecule has 7 nitrogen and oxygen atoms in total. The molecule has 7 heteroatoms. The van der Waals surface area contributed by atoms with Gasteiger partial charge < -0.3 is 20.4 Å². The normalized spacial score (nSPS) is 18.6. The average Bonchev–Trinajstić information content (AvgIpc) is 3.16. The zero-order valence-electron chi connectivity index (χ0n) is 16.2. The SMILES string of the molecule is CN(C)Cc1ccc(C2CCCN2C(=O)c2cnc3c(c2)NC(=O)CN3)cc1. The van der Waals surface area contributed by atoms with Crippen LogP contribution in [-0.4, -0.2) is 53.8 Å². The zero-order valence-corrected chi connectivity index (χ0v) is 16.2. The van der Waals surface area contributed by atoms with E-state index in [1.54, 1.807) is 12.3 Å². The van der Waals surface area contributed by atoms with Gasteiger partial charge in [0.05, 0.1) is 23.8 Å². The van der Waals surface area contributed by atoms with Crippen LogP contribution in [0.3, 0.4) is 0 Å². The highest BCUT2D eigenvalue weighted by Gasteiger charge is 2.31. The van der Waals surface area contributed by atoms with E-state index in [1.807, 2.05) is 4.90 Å². The zero-order chi connectivity index (χ0) is 19.7. The Balaban J connectivity index is 1.54. The van der Waals surface area contributed by atoms with Crippen molar-refractivity contribution in [3.63, 3.8) is 0 Å². The second-order valence-corrected chi connectivity index (χ2v) is 7.66. The first-order valence-electron chi connectivity index (χ1n) is 9.59. The predicted molar refractivity (Wildman–Crippen MR) is 108 cm³/mol. The van der Waals surface area contributed by atoms with Crippen molar-refractivity contribution in [2.24, 2.45) is 0 Å². The molecule has 2 aromatic rings. The second kappa shape index (κ2) is 7.59. The molecule has 1 atom stereocenters. The van der Waals surface area contributed by atoms with E-state index >= 15 is 0 Å². The molecule has 28 heavy (non-hydrogen) atoms. The summed E-state index contributed by atoms with van der Waals surface area (Å²) >= 11 is 0. The summed E-state index contributed by atoms with van der Waals surface area (Å²) in [7, 11) is 4.10. The van der Waals surface area contributed by atoms with E-state index in [4.69, 9.17) is 0 Å². The summed E-state index contributed by atoms with van der Waals surface area (Å²) in [5.41, 5.74) is 3.48. The average molecular weight is 379 g/mol. The molecule has 0 radical (unpaired) electrons. The number of fused-ring (bicyclic) bond motifs is 1. The van der Waals surface area contributed by atoms with Crippen LogP contribution in [0.25, 0.3) is 0 Å².